The van der Waals surface area contributed by atoms with Crippen molar-refractivity contribution in [2.24, 2.45) is 0 Å². The Balaban J connectivity index is 1.74. The number of carbonyl (C=O) groups is 2. The van der Waals surface area contributed by atoms with E-state index in [2.05, 4.69) is 4.72 Å². The minimum absolute atomic E-state index is 0.250. The number of aryl methyl sites for hydroxylation is 1. The molecule has 1 N–H and O–H groups in total. The number of likely N-dealkylation sites (tertiary alicyclic amines) is 1. The van der Waals surface area contributed by atoms with Crippen LogP contribution < -0.4 is 4.72 Å². The summed E-state index contributed by atoms with van der Waals surface area (Å²) in [6.45, 7) is 2.40. The molecule has 1 aliphatic heterocycles. The lowest BCUT2D eigenvalue weighted by molar-refractivity contribution is -0.151. The van der Waals surface area contributed by atoms with Gasteiger partial charge in [-0.3, -0.25) is 9.59 Å². The second-order valence-corrected chi connectivity index (χ2v) is 7.83. The first kappa shape index (κ1) is 20.1. The molecule has 0 spiro atoms. The van der Waals surface area contributed by atoms with Crippen LogP contribution in [0.2, 0.25) is 0 Å². The predicted octanol–water partition coefficient (Wildman–Crippen LogP) is 1.44. The lowest BCUT2D eigenvalue weighted by Crippen LogP contribution is -2.39. The number of rotatable bonds is 7. The van der Waals surface area contributed by atoms with Crippen LogP contribution in [0.3, 0.4) is 0 Å². The van der Waals surface area contributed by atoms with Crippen LogP contribution in [0, 0.1) is 6.92 Å². The second-order valence-electron chi connectivity index (χ2n) is 6.18. The number of benzene rings is 1. The summed E-state index contributed by atoms with van der Waals surface area (Å²) < 4.78 is 30.7. The van der Waals surface area contributed by atoms with E-state index in [-0.39, 0.29) is 12.5 Å². The normalized spacial score (nSPS) is 15.2. The summed E-state index contributed by atoms with van der Waals surface area (Å²) in [7, 11) is -3.77. The SMILES string of the molecule is Cc1ccc(/C=C/S(=O)(=O)NCC(=O)OCC(=O)N2CCCCC2)cc1. The fourth-order valence-corrected chi connectivity index (χ4v) is 3.23. The maximum atomic E-state index is 11.9. The first-order chi connectivity index (χ1) is 12.4. The Bertz CT molecular complexity index is 750. The van der Waals surface area contributed by atoms with Gasteiger partial charge < -0.3 is 9.64 Å². The number of esters is 1. The third-order valence-electron chi connectivity index (χ3n) is 4.00. The van der Waals surface area contributed by atoms with Crippen molar-refractivity contribution in [3.05, 3.63) is 40.8 Å². The van der Waals surface area contributed by atoms with E-state index in [0.717, 1.165) is 35.8 Å². The number of nitrogens with zero attached hydrogens (tertiary/aromatic N) is 1. The van der Waals surface area contributed by atoms with Gasteiger partial charge in [-0.15, -0.1) is 0 Å². The molecule has 2 rings (SSSR count). The van der Waals surface area contributed by atoms with E-state index < -0.39 is 22.5 Å². The Morgan fingerprint density at radius 2 is 1.81 bits per heavy atom. The molecule has 8 heteroatoms. The lowest BCUT2D eigenvalue weighted by atomic mass is 10.1. The van der Waals surface area contributed by atoms with E-state index in [1.807, 2.05) is 19.1 Å². The summed E-state index contributed by atoms with van der Waals surface area (Å²) >= 11 is 0. The van der Waals surface area contributed by atoms with Crippen molar-refractivity contribution in [2.45, 2.75) is 26.2 Å². The second kappa shape index (κ2) is 9.49. The van der Waals surface area contributed by atoms with Gasteiger partial charge in [-0.2, -0.15) is 0 Å². The smallest absolute Gasteiger partial charge is 0.321 e. The summed E-state index contributed by atoms with van der Waals surface area (Å²) in [4.78, 5) is 25.2. The lowest BCUT2D eigenvalue weighted by Gasteiger charge is -2.26. The standard InChI is InChI=1S/C18H24N2O5S/c1-15-5-7-16(8-6-15)9-12-26(23,24)19-13-18(22)25-14-17(21)20-10-3-2-4-11-20/h5-9,12,19H,2-4,10-11,13-14H2,1H3/b12-9+. The first-order valence-electron chi connectivity index (χ1n) is 8.53. The highest BCUT2D eigenvalue weighted by atomic mass is 32.2. The van der Waals surface area contributed by atoms with Crippen LogP contribution in [0.4, 0.5) is 0 Å². The van der Waals surface area contributed by atoms with Crippen LogP contribution in [0.5, 0.6) is 0 Å². The van der Waals surface area contributed by atoms with Gasteiger partial charge >= 0.3 is 5.97 Å². The minimum atomic E-state index is -3.77. The Morgan fingerprint density at radius 1 is 1.15 bits per heavy atom. The van der Waals surface area contributed by atoms with E-state index in [1.165, 1.54) is 6.08 Å². The molecule has 0 saturated carbocycles. The van der Waals surface area contributed by atoms with Gasteiger partial charge in [0, 0.05) is 18.5 Å². The molecule has 1 fully saturated rings. The van der Waals surface area contributed by atoms with Crippen LogP contribution in [-0.2, 0) is 24.3 Å². The summed E-state index contributed by atoms with van der Waals surface area (Å²) in [5.41, 5.74) is 1.81. The van der Waals surface area contributed by atoms with Crippen molar-refractivity contribution >= 4 is 28.0 Å². The molecule has 0 aromatic heterocycles. The van der Waals surface area contributed by atoms with Gasteiger partial charge in [0.25, 0.3) is 5.91 Å². The zero-order valence-corrected chi connectivity index (χ0v) is 15.6. The predicted molar refractivity (Wildman–Crippen MR) is 98.5 cm³/mol. The molecular weight excluding hydrogens is 356 g/mol. The summed E-state index contributed by atoms with van der Waals surface area (Å²) in [5.74, 6) is -1.04. The summed E-state index contributed by atoms with van der Waals surface area (Å²) in [6, 6.07) is 7.33. The molecule has 0 radical (unpaired) electrons. The number of ether oxygens (including phenoxy) is 1. The van der Waals surface area contributed by atoms with Crippen molar-refractivity contribution < 1.29 is 22.7 Å². The first-order valence-corrected chi connectivity index (χ1v) is 10.1. The number of nitrogens with one attached hydrogen (secondary N) is 1. The fourth-order valence-electron chi connectivity index (χ4n) is 2.48. The average molecular weight is 380 g/mol. The van der Waals surface area contributed by atoms with Crippen LogP contribution in [-0.4, -0.2) is 51.4 Å². The summed E-state index contributed by atoms with van der Waals surface area (Å²) in [5, 5.41) is 0.990. The third kappa shape index (κ3) is 6.97. The number of sulfonamides is 1. The average Bonchev–Trinajstić information content (AvgIpc) is 2.65. The highest BCUT2D eigenvalue weighted by molar-refractivity contribution is 7.92. The van der Waals surface area contributed by atoms with Crippen LogP contribution in [0.1, 0.15) is 30.4 Å². The van der Waals surface area contributed by atoms with Crippen molar-refractivity contribution in [1.82, 2.24) is 9.62 Å². The maximum Gasteiger partial charge on any atom is 0.321 e. The van der Waals surface area contributed by atoms with Gasteiger partial charge in [0.05, 0.1) is 0 Å². The molecule has 1 saturated heterocycles. The molecule has 0 unspecified atom stereocenters. The van der Waals surface area contributed by atoms with E-state index in [9.17, 15) is 18.0 Å². The molecule has 142 valence electrons. The zero-order chi connectivity index (χ0) is 19.0. The molecule has 1 aromatic carbocycles. The van der Waals surface area contributed by atoms with Crippen molar-refractivity contribution in [3.63, 3.8) is 0 Å². The van der Waals surface area contributed by atoms with Crippen molar-refractivity contribution in [1.29, 1.82) is 0 Å². The molecule has 26 heavy (non-hydrogen) atoms. The molecule has 1 aromatic rings. The quantitative estimate of drug-likeness (QED) is 0.723. The Hall–Kier alpha value is -2.19. The summed E-state index contributed by atoms with van der Waals surface area (Å²) in [6.07, 6.45) is 4.44. The van der Waals surface area contributed by atoms with Crippen molar-refractivity contribution in [3.8, 4) is 0 Å². The Kier molecular flexibility index (Phi) is 7.35. The number of amides is 1. The van der Waals surface area contributed by atoms with E-state index in [1.54, 1.807) is 17.0 Å². The number of carbonyl (C=O) groups excluding carboxylic acids is 2. The third-order valence-corrected chi connectivity index (χ3v) is 5.04. The van der Waals surface area contributed by atoms with E-state index in [0.29, 0.717) is 13.1 Å². The number of piperidine rings is 1. The maximum absolute atomic E-state index is 11.9. The number of hydrogen-bond donors (Lipinski definition) is 1. The highest BCUT2D eigenvalue weighted by Gasteiger charge is 2.18. The van der Waals surface area contributed by atoms with Crippen LogP contribution in [0.25, 0.3) is 6.08 Å². The Morgan fingerprint density at radius 3 is 2.46 bits per heavy atom. The van der Waals surface area contributed by atoms with Crippen molar-refractivity contribution in [2.75, 3.05) is 26.2 Å². The van der Waals surface area contributed by atoms with Gasteiger partial charge in [0.15, 0.2) is 6.61 Å². The highest BCUT2D eigenvalue weighted by Crippen LogP contribution is 2.09. The molecule has 0 aliphatic carbocycles. The number of hydrogen-bond acceptors (Lipinski definition) is 5. The van der Waals surface area contributed by atoms with Crippen LogP contribution in [0.15, 0.2) is 29.7 Å². The van der Waals surface area contributed by atoms with Gasteiger partial charge in [-0.1, -0.05) is 29.8 Å². The minimum Gasteiger partial charge on any atom is -0.455 e. The van der Waals surface area contributed by atoms with E-state index in [4.69, 9.17) is 4.74 Å². The van der Waals surface area contributed by atoms with Gasteiger partial charge in [-0.05, 0) is 37.8 Å². The Labute approximate surface area is 154 Å². The fraction of sp³-hybridized carbons (Fsp3) is 0.444. The topological polar surface area (TPSA) is 92.8 Å². The van der Waals surface area contributed by atoms with Gasteiger partial charge in [0.1, 0.15) is 6.54 Å². The molecule has 0 bridgehead atoms. The van der Waals surface area contributed by atoms with Gasteiger partial charge in [-0.25, -0.2) is 13.1 Å². The van der Waals surface area contributed by atoms with Gasteiger partial charge in [0.2, 0.25) is 10.0 Å². The zero-order valence-electron chi connectivity index (χ0n) is 14.8. The molecule has 0 atom stereocenters. The molecule has 7 nitrogen and oxygen atoms in total. The molecule has 1 heterocycles. The van der Waals surface area contributed by atoms with Crippen LogP contribution >= 0.6 is 0 Å². The molecular formula is C18H24N2O5S. The molecule has 1 aliphatic rings. The molecule has 1 amide bonds. The van der Waals surface area contributed by atoms with E-state index >= 15 is 0 Å². The monoisotopic (exact) mass is 380 g/mol. The largest absolute Gasteiger partial charge is 0.455 e.